The van der Waals surface area contributed by atoms with E-state index in [2.05, 4.69) is 37.4 Å². The average molecular weight is 249 g/mol. The summed E-state index contributed by atoms with van der Waals surface area (Å²) in [5.41, 5.74) is 3.27. The molecule has 3 nitrogen and oxygen atoms in total. The molecule has 0 fully saturated rings. The van der Waals surface area contributed by atoms with Gasteiger partial charge in [-0.2, -0.15) is 0 Å². The van der Waals surface area contributed by atoms with Crippen LogP contribution in [-0.2, 0) is 4.79 Å². The summed E-state index contributed by atoms with van der Waals surface area (Å²) >= 11 is 0. The van der Waals surface area contributed by atoms with Gasteiger partial charge in [-0.1, -0.05) is 37.6 Å². The molecule has 100 valence electrons. The number of hydrogen-bond acceptors (Lipinski definition) is 2. The van der Waals surface area contributed by atoms with E-state index in [4.69, 9.17) is 5.11 Å². The Morgan fingerprint density at radius 2 is 2.00 bits per heavy atom. The first-order chi connectivity index (χ1) is 8.27. The largest absolute Gasteiger partial charge is 0.481 e. The van der Waals surface area contributed by atoms with Crippen LogP contribution < -0.4 is 5.32 Å². The molecule has 1 rings (SSSR count). The lowest BCUT2D eigenvalue weighted by atomic mass is 9.76. The van der Waals surface area contributed by atoms with Gasteiger partial charge in [0.15, 0.2) is 0 Å². The highest BCUT2D eigenvalue weighted by Gasteiger charge is 2.32. The molecule has 0 saturated heterocycles. The Morgan fingerprint density at radius 1 is 1.39 bits per heavy atom. The summed E-state index contributed by atoms with van der Waals surface area (Å²) in [6, 6.07) is 6.34. The molecular weight excluding hydrogens is 226 g/mol. The van der Waals surface area contributed by atoms with Crippen LogP contribution in [0.15, 0.2) is 18.2 Å². The fourth-order valence-electron chi connectivity index (χ4n) is 2.61. The van der Waals surface area contributed by atoms with Crippen molar-refractivity contribution in [3.8, 4) is 0 Å². The molecule has 1 aromatic carbocycles. The second-order valence-electron chi connectivity index (χ2n) is 5.64. The monoisotopic (exact) mass is 249 g/mol. The molecule has 1 atom stereocenters. The zero-order valence-corrected chi connectivity index (χ0v) is 11.9. The number of nitrogens with one attached hydrogen (secondary N) is 1. The van der Waals surface area contributed by atoms with E-state index in [9.17, 15) is 4.79 Å². The van der Waals surface area contributed by atoms with Crippen LogP contribution in [0, 0.1) is 19.3 Å². The Morgan fingerprint density at radius 3 is 2.44 bits per heavy atom. The van der Waals surface area contributed by atoms with E-state index >= 15 is 0 Å². The summed E-state index contributed by atoms with van der Waals surface area (Å²) < 4.78 is 0. The van der Waals surface area contributed by atoms with Gasteiger partial charge in [0, 0.05) is 6.04 Å². The minimum absolute atomic E-state index is 0.0363. The van der Waals surface area contributed by atoms with E-state index in [1.54, 1.807) is 0 Å². The molecule has 18 heavy (non-hydrogen) atoms. The van der Waals surface area contributed by atoms with E-state index < -0.39 is 5.97 Å². The van der Waals surface area contributed by atoms with Crippen LogP contribution in [-0.4, -0.2) is 18.1 Å². The third-order valence-electron chi connectivity index (χ3n) is 3.41. The van der Waals surface area contributed by atoms with Crippen molar-refractivity contribution in [1.82, 2.24) is 5.32 Å². The number of benzene rings is 1. The Hall–Kier alpha value is -1.35. The molecule has 1 unspecified atom stereocenters. The topological polar surface area (TPSA) is 49.3 Å². The summed E-state index contributed by atoms with van der Waals surface area (Å²) in [6.07, 6.45) is 0.145. The van der Waals surface area contributed by atoms with Gasteiger partial charge in [0.25, 0.3) is 0 Å². The lowest BCUT2D eigenvalue weighted by Gasteiger charge is -2.34. The molecule has 0 saturated carbocycles. The van der Waals surface area contributed by atoms with Gasteiger partial charge in [-0.05, 0) is 37.4 Å². The molecule has 0 radical (unpaired) electrons. The van der Waals surface area contributed by atoms with Crippen molar-refractivity contribution in [3.05, 3.63) is 34.9 Å². The number of aryl methyl sites for hydroxylation is 2. The highest BCUT2D eigenvalue weighted by Crippen LogP contribution is 2.37. The van der Waals surface area contributed by atoms with Gasteiger partial charge in [-0.15, -0.1) is 0 Å². The van der Waals surface area contributed by atoms with Gasteiger partial charge in [-0.3, -0.25) is 4.79 Å². The number of aliphatic carboxylic acids is 1. The van der Waals surface area contributed by atoms with Gasteiger partial charge in [-0.25, -0.2) is 0 Å². The maximum Gasteiger partial charge on any atom is 0.303 e. The fraction of sp³-hybridized carbons (Fsp3) is 0.533. The van der Waals surface area contributed by atoms with Gasteiger partial charge in [0.05, 0.1) is 6.42 Å². The summed E-state index contributed by atoms with van der Waals surface area (Å²) in [7, 11) is 1.88. The van der Waals surface area contributed by atoms with Crippen LogP contribution in [0.5, 0.6) is 0 Å². The minimum atomic E-state index is -0.759. The Balaban J connectivity index is 3.12. The molecule has 0 amide bonds. The number of carbonyl (C=O) groups is 1. The predicted octanol–water partition coefficient (Wildman–Crippen LogP) is 3.06. The predicted molar refractivity (Wildman–Crippen MR) is 73.8 cm³/mol. The molecule has 2 N–H and O–H groups in total. The molecular formula is C15H23NO2. The van der Waals surface area contributed by atoms with Gasteiger partial charge >= 0.3 is 5.97 Å². The molecule has 0 heterocycles. The fourth-order valence-corrected chi connectivity index (χ4v) is 2.61. The van der Waals surface area contributed by atoms with Crippen LogP contribution in [0.25, 0.3) is 0 Å². The lowest BCUT2D eigenvalue weighted by Crippen LogP contribution is -2.34. The Bertz CT molecular complexity index is 438. The third kappa shape index (κ3) is 3.33. The Kier molecular flexibility index (Phi) is 4.52. The van der Waals surface area contributed by atoms with Crippen molar-refractivity contribution in [2.75, 3.05) is 7.05 Å². The quantitative estimate of drug-likeness (QED) is 0.843. The van der Waals surface area contributed by atoms with Crippen LogP contribution in [0.2, 0.25) is 0 Å². The summed E-state index contributed by atoms with van der Waals surface area (Å²) in [6.45, 7) is 8.11. The summed E-state index contributed by atoms with van der Waals surface area (Å²) in [5.74, 6) is -0.759. The molecule has 3 heteroatoms. The molecule has 0 spiro atoms. The van der Waals surface area contributed by atoms with Crippen LogP contribution >= 0.6 is 0 Å². The van der Waals surface area contributed by atoms with Gasteiger partial charge in [0.1, 0.15) is 0 Å². The second kappa shape index (κ2) is 5.53. The number of rotatable bonds is 5. The summed E-state index contributed by atoms with van der Waals surface area (Å²) in [5, 5.41) is 12.3. The zero-order chi connectivity index (χ0) is 13.9. The standard InChI is InChI=1S/C15H23NO2/c1-10-6-7-12(11(2)8-10)14(16-5)15(3,4)9-13(17)18/h6-8,14,16H,9H2,1-5H3,(H,17,18). The van der Waals surface area contributed by atoms with Crippen molar-refractivity contribution < 1.29 is 9.90 Å². The van der Waals surface area contributed by atoms with Gasteiger partial charge < -0.3 is 10.4 Å². The van der Waals surface area contributed by atoms with Crippen molar-refractivity contribution in [2.45, 2.75) is 40.2 Å². The highest BCUT2D eigenvalue weighted by atomic mass is 16.4. The molecule has 0 aliphatic rings. The zero-order valence-electron chi connectivity index (χ0n) is 11.9. The van der Waals surface area contributed by atoms with E-state index in [0.717, 1.165) is 0 Å². The van der Waals surface area contributed by atoms with Crippen molar-refractivity contribution >= 4 is 5.97 Å². The number of carboxylic acids is 1. The molecule has 1 aromatic rings. The van der Waals surface area contributed by atoms with E-state index in [1.807, 2.05) is 20.9 Å². The normalized spacial score (nSPS) is 13.4. The van der Waals surface area contributed by atoms with E-state index in [1.165, 1.54) is 16.7 Å². The highest BCUT2D eigenvalue weighted by molar-refractivity contribution is 5.67. The van der Waals surface area contributed by atoms with Gasteiger partial charge in [0.2, 0.25) is 0 Å². The van der Waals surface area contributed by atoms with E-state index in [0.29, 0.717) is 0 Å². The number of hydrogen-bond donors (Lipinski definition) is 2. The van der Waals surface area contributed by atoms with Crippen LogP contribution in [0.1, 0.15) is 43.0 Å². The van der Waals surface area contributed by atoms with Crippen LogP contribution in [0.3, 0.4) is 0 Å². The van der Waals surface area contributed by atoms with E-state index in [-0.39, 0.29) is 17.9 Å². The Labute approximate surface area is 109 Å². The molecule has 0 aliphatic carbocycles. The molecule has 0 aromatic heterocycles. The minimum Gasteiger partial charge on any atom is -0.481 e. The van der Waals surface area contributed by atoms with Crippen molar-refractivity contribution in [1.29, 1.82) is 0 Å². The first-order valence-corrected chi connectivity index (χ1v) is 6.24. The van der Waals surface area contributed by atoms with Crippen molar-refractivity contribution in [2.24, 2.45) is 5.41 Å². The molecule has 0 aliphatic heterocycles. The second-order valence-corrected chi connectivity index (χ2v) is 5.64. The number of carboxylic acid groups (broad SMARTS) is 1. The maximum atomic E-state index is 11.0. The first kappa shape index (κ1) is 14.7. The SMILES string of the molecule is CNC(c1ccc(C)cc1C)C(C)(C)CC(=O)O. The first-order valence-electron chi connectivity index (χ1n) is 6.24. The maximum absolute atomic E-state index is 11.0. The van der Waals surface area contributed by atoms with Crippen molar-refractivity contribution in [3.63, 3.8) is 0 Å². The lowest BCUT2D eigenvalue weighted by molar-refractivity contribution is -0.139. The summed E-state index contributed by atoms with van der Waals surface area (Å²) in [4.78, 5) is 11.0. The van der Waals surface area contributed by atoms with Crippen LogP contribution in [0.4, 0.5) is 0 Å². The average Bonchev–Trinajstić information content (AvgIpc) is 2.19. The smallest absolute Gasteiger partial charge is 0.303 e. The molecule has 0 bridgehead atoms. The third-order valence-corrected chi connectivity index (χ3v) is 3.41.